The Kier molecular flexibility index (Phi) is 6.08. The Morgan fingerprint density at radius 2 is 2.21 bits per heavy atom. The van der Waals surface area contributed by atoms with Crippen molar-refractivity contribution in [2.75, 3.05) is 24.5 Å². The standard InChI is InChI=1S/C20H26FN5O2/c1-4-26(13(2)3)20(27)16-9-14(21)5-6-17(16)28-18-10-23-12-24-19(18)25-8-7-15(22)11-25/h5-6,9-10,12-13,15H,4,7-8,11,22H2,1-3H3. The van der Waals surface area contributed by atoms with E-state index in [4.69, 9.17) is 10.5 Å². The quantitative estimate of drug-likeness (QED) is 0.820. The average molecular weight is 387 g/mol. The van der Waals surface area contributed by atoms with Crippen LogP contribution in [-0.4, -0.2) is 52.5 Å². The fourth-order valence-corrected chi connectivity index (χ4v) is 3.37. The normalized spacial score (nSPS) is 16.5. The van der Waals surface area contributed by atoms with E-state index in [0.717, 1.165) is 13.0 Å². The molecule has 1 aliphatic rings. The van der Waals surface area contributed by atoms with Crippen LogP contribution >= 0.6 is 0 Å². The summed E-state index contributed by atoms with van der Waals surface area (Å²) in [4.78, 5) is 25.0. The van der Waals surface area contributed by atoms with Crippen LogP contribution in [0, 0.1) is 5.82 Å². The van der Waals surface area contributed by atoms with Gasteiger partial charge < -0.3 is 20.3 Å². The fourth-order valence-electron chi connectivity index (χ4n) is 3.37. The SMILES string of the molecule is CCN(C(=O)c1cc(F)ccc1Oc1cncnc1N1CCC(N)C1)C(C)C. The van der Waals surface area contributed by atoms with E-state index in [0.29, 0.717) is 24.7 Å². The molecule has 8 heteroatoms. The molecule has 1 aromatic heterocycles. The summed E-state index contributed by atoms with van der Waals surface area (Å²) in [5, 5.41) is 0. The van der Waals surface area contributed by atoms with Crippen molar-refractivity contribution in [3.8, 4) is 11.5 Å². The second-order valence-corrected chi connectivity index (χ2v) is 7.13. The van der Waals surface area contributed by atoms with Crippen molar-refractivity contribution >= 4 is 11.7 Å². The molecule has 1 saturated heterocycles. The van der Waals surface area contributed by atoms with Crippen LogP contribution < -0.4 is 15.4 Å². The molecule has 7 nitrogen and oxygen atoms in total. The van der Waals surface area contributed by atoms with Gasteiger partial charge in [-0.1, -0.05) is 0 Å². The largest absolute Gasteiger partial charge is 0.451 e. The lowest BCUT2D eigenvalue weighted by atomic mass is 10.1. The summed E-state index contributed by atoms with van der Waals surface area (Å²) in [5.74, 6) is 0.510. The highest BCUT2D eigenvalue weighted by atomic mass is 19.1. The van der Waals surface area contributed by atoms with Gasteiger partial charge in [0.2, 0.25) is 0 Å². The highest BCUT2D eigenvalue weighted by molar-refractivity contribution is 5.97. The van der Waals surface area contributed by atoms with E-state index in [1.165, 1.54) is 24.5 Å². The predicted molar refractivity (Wildman–Crippen MR) is 105 cm³/mol. The van der Waals surface area contributed by atoms with Gasteiger partial charge in [-0.25, -0.2) is 14.4 Å². The van der Waals surface area contributed by atoms with Crippen molar-refractivity contribution in [1.82, 2.24) is 14.9 Å². The maximum atomic E-state index is 13.9. The van der Waals surface area contributed by atoms with E-state index in [9.17, 15) is 9.18 Å². The molecule has 1 aliphatic heterocycles. The molecule has 1 amide bonds. The molecule has 1 aromatic carbocycles. The topological polar surface area (TPSA) is 84.6 Å². The third-order valence-electron chi connectivity index (χ3n) is 4.80. The molecule has 0 spiro atoms. The zero-order valence-electron chi connectivity index (χ0n) is 16.4. The van der Waals surface area contributed by atoms with Crippen molar-refractivity contribution in [3.63, 3.8) is 0 Å². The van der Waals surface area contributed by atoms with Gasteiger partial charge in [-0.05, 0) is 45.4 Å². The van der Waals surface area contributed by atoms with Gasteiger partial charge in [0, 0.05) is 31.7 Å². The monoisotopic (exact) mass is 387 g/mol. The molecular formula is C20H26FN5O2. The predicted octanol–water partition coefficient (Wildman–Crippen LogP) is 2.82. The number of carbonyl (C=O) groups is 1. The smallest absolute Gasteiger partial charge is 0.257 e. The lowest BCUT2D eigenvalue weighted by Gasteiger charge is -2.26. The Balaban J connectivity index is 1.95. The minimum atomic E-state index is -0.495. The third-order valence-corrected chi connectivity index (χ3v) is 4.80. The van der Waals surface area contributed by atoms with Crippen molar-refractivity contribution in [3.05, 3.63) is 42.1 Å². The number of carbonyl (C=O) groups excluding carboxylic acids is 1. The molecule has 2 aromatic rings. The molecular weight excluding hydrogens is 361 g/mol. The fraction of sp³-hybridized carbons (Fsp3) is 0.450. The van der Waals surface area contributed by atoms with Crippen molar-refractivity contribution < 1.29 is 13.9 Å². The lowest BCUT2D eigenvalue weighted by molar-refractivity contribution is 0.0713. The number of hydrogen-bond acceptors (Lipinski definition) is 6. The second-order valence-electron chi connectivity index (χ2n) is 7.13. The number of ether oxygens (including phenoxy) is 1. The van der Waals surface area contributed by atoms with E-state index in [1.54, 1.807) is 11.1 Å². The van der Waals surface area contributed by atoms with E-state index in [1.807, 2.05) is 25.7 Å². The maximum absolute atomic E-state index is 13.9. The van der Waals surface area contributed by atoms with E-state index < -0.39 is 5.82 Å². The molecule has 0 bridgehead atoms. The molecule has 2 heterocycles. The lowest BCUT2D eigenvalue weighted by Crippen LogP contribution is -2.36. The first-order valence-corrected chi connectivity index (χ1v) is 9.49. The van der Waals surface area contributed by atoms with Crippen molar-refractivity contribution in [2.24, 2.45) is 5.73 Å². The van der Waals surface area contributed by atoms with Crippen LogP contribution in [0.15, 0.2) is 30.7 Å². The maximum Gasteiger partial charge on any atom is 0.257 e. The second kappa shape index (κ2) is 8.52. The number of hydrogen-bond donors (Lipinski definition) is 1. The molecule has 1 atom stereocenters. The van der Waals surface area contributed by atoms with E-state index in [2.05, 4.69) is 9.97 Å². The number of benzene rings is 1. The first-order valence-electron chi connectivity index (χ1n) is 9.49. The number of anilines is 1. The molecule has 3 rings (SSSR count). The van der Waals surface area contributed by atoms with Gasteiger partial charge in [-0.2, -0.15) is 0 Å². The summed E-state index contributed by atoms with van der Waals surface area (Å²) in [6, 6.07) is 4.00. The summed E-state index contributed by atoms with van der Waals surface area (Å²) < 4.78 is 19.9. The molecule has 1 fully saturated rings. The zero-order chi connectivity index (χ0) is 20.3. The van der Waals surface area contributed by atoms with Crippen LogP contribution in [0.1, 0.15) is 37.6 Å². The number of aromatic nitrogens is 2. The summed E-state index contributed by atoms with van der Waals surface area (Å²) in [7, 11) is 0. The van der Waals surface area contributed by atoms with E-state index in [-0.39, 0.29) is 29.3 Å². The average Bonchev–Trinajstić information content (AvgIpc) is 3.10. The van der Waals surface area contributed by atoms with Crippen molar-refractivity contribution in [1.29, 1.82) is 0 Å². The van der Waals surface area contributed by atoms with Crippen LogP contribution in [0.3, 0.4) is 0 Å². The molecule has 28 heavy (non-hydrogen) atoms. The Morgan fingerprint density at radius 3 is 2.86 bits per heavy atom. The minimum absolute atomic E-state index is 0.0182. The molecule has 150 valence electrons. The van der Waals surface area contributed by atoms with Crippen LogP contribution in [0.4, 0.5) is 10.2 Å². The van der Waals surface area contributed by atoms with Gasteiger partial charge in [-0.15, -0.1) is 0 Å². The number of nitrogens with two attached hydrogens (primary N) is 1. The Bertz CT molecular complexity index is 845. The number of halogens is 1. The van der Waals surface area contributed by atoms with Crippen molar-refractivity contribution in [2.45, 2.75) is 39.3 Å². The highest BCUT2D eigenvalue weighted by Crippen LogP contribution is 2.33. The van der Waals surface area contributed by atoms with Crippen LogP contribution in [0.5, 0.6) is 11.5 Å². The van der Waals surface area contributed by atoms with Gasteiger partial charge in [0.15, 0.2) is 11.6 Å². The first-order chi connectivity index (χ1) is 13.4. The van der Waals surface area contributed by atoms with Gasteiger partial charge in [0.05, 0.1) is 11.8 Å². The van der Waals surface area contributed by atoms with Crippen LogP contribution in [0.25, 0.3) is 0 Å². The molecule has 0 radical (unpaired) electrons. The summed E-state index contributed by atoms with van der Waals surface area (Å²) in [5.41, 5.74) is 6.17. The number of rotatable bonds is 6. The van der Waals surface area contributed by atoms with Crippen LogP contribution in [0.2, 0.25) is 0 Å². The summed E-state index contributed by atoms with van der Waals surface area (Å²) in [6.45, 7) is 7.66. The van der Waals surface area contributed by atoms with Gasteiger partial charge in [-0.3, -0.25) is 4.79 Å². The number of nitrogens with zero attached hydrogens (tertiary/aromatic N) is 4. The molecule has 0 saturated carbocycles. The van der Waals surface area contributed by atoms with Crippen LogP contribution in [-0.2, 0) is 0 Å². The summed E-state index contributed by atoms with van der Waals surface area (Å²) in [6.07, 6.45) is 3.85. The van der Waals surface area contributed by atoms with E-state index >= 15 is 0 Å². The summed E-state index contributed by atoms with van der Waals surface area (Å²) >= 11 is 0. The van der Waals surface area contributed by atoms with Gasteiger partial charge >= 0.3 is 0 Å². The third kappa shape index (κ3) is 4.22. The first kappa shape index (κ1) is 20.0. The van der Waals surface area contributed by atoms with Gasteiger partial charge in [0.1, 0.15) is 17.9 Å². The number of amides is 1. The van der Waals surface area contributed by atoms with Gasteiger partial charge in [0.25, 0.3) is 5.91 Å². The molecule has 1 unspecified atom stereocenters. The molecule has 0 aliphatic carbocycles. The molecule has 2 N–H and O–H groups in total. The zero-order valence-corrected chi connectivity index (χ0v) is 16.4. The Labute approximate surface area is 164 Å². The minimum Gasteiger partial charge on any atom is -0.451 e. The Morgan fingerprint density at radius 1 is 1.43 bits per heavy atom. The highest BCUT2D eigenvalue weighted by Gasteiger charge is 2.26. The Hall–Kier alpha value is -2.74.